The van der Waals surface area contributed by atoms with E-state index in [-0.39, 0.29) is 5.91 Å². The Balaban J connectivity index is 1.53. The zero-order valence-electron chi connectivity index (χ0n) is 15.0. The molecule has 0 saturated carbocycles. The molecule has 1 aliphatic rings. The summed E-state index contributed by atoms with van der Waals surface area (Å²) in [6, 6.07) is 5.26. The van der Waals surface area contributed by atoms with Gasteiger partial charge in [-0.2, -0.15) is 0 Å². The van der Waals surface area contributed by atoms with Gasteiger partial charge in [0.05, 0.1) is 42.0 Å². The number of ether oxygens (including phenoxy) is 1. The Kier molecular flexibility index (Phi) is 7.26. The maximum absolute atomic E-state index is 12.3. The number of morpholine rings is 1. The van der Waals surface area contributed by atoms with E-state index in [1.54, 1.807) is 41.5 Å². The predicted octanol–water partition coefficient (Wildman–Crippen LogP) is 3.95. The van der Waals surface area contributed by atoms with E-state index in [0.717, 1.165) is 49.1 Å². The number of hydrogen-bond acceptors (Lipinski definition) is 5. The van der Waals surface area contributed by atoms with Crippen molar-refractivity contribution < 1.29 is 9.53 Å². The van der Waals surface area contributed by atoms with Crippen LogP contribution in [0, 0.1) is 0 Å². The minimum atomic E-state index is -0.0937. The highest BCUT2D eigenvalue weighted by molar-refractivity contribution is 7.09. The summed E-state index contributed by atoms with van der Waals surface area (Å²) < 4.78 is 5.37. The van der Waals surface area contributed by atoms with E-state index in [2.05, 4.69) is 9.88 Å². The first-order valence-electron chi connectivity index (χ1n) is 8.63. The van der Waals surface area contributed by atoms with Crippen LogP contribution in [0.15, 0.2) is 29.7 Å². The number of thiazole rings is 1. The summed E-state index contributed by atoms with van der Waals surface area (Å²) in [4.78, 5) is 21.0. The number of carbonyl (C=O) groups is 1. The van der Waals surface area contributed by atoms with Gasteiger partial charge in [0.1, 0.15) is 5.01 Å². The average Bonchev–Trinajstić information content (AvgIpc) is 3.10. The number of aromatic nitrogens is 1. The molecule has 27 heavy (non-hydrogen) atoms. The fourth-order valence-electron chi connectivity index (χ4n) is 2.68. The van der Waals surface area contributed by atoms with Gasteiger partial charge < -0.3 is 9.64 Å². The molecule has 1 aliphatic heterocycles. The van der Waals surface area contributed by atoms with Crippen LogP contribution >= 0.6 is 34.5 Å². The average molecular weight is 426 g/mol. The van der Waals surface area contributed by atoms with Crippen LogP contribution in [-0.2, 0) is 22.6 Å². The molecule has 3 rings (SSSR count). The first kappa shape index (κ1) is 20.3. The molecule has 2 aromatic rings. The van der Waals surface area contributed by atoms with Crippen molar-refractivity contribution in [1.82, 2.24) is 14.8 Å². The van der Waals surface area contributed by atoms with Gasteiger partial charge >= 0.3 is 0 Å². The Morgan fingerprint density at radius 3 is 2.85 bits per heavy atom. The lowest BCUT2D eigenvalue weighted by molar-refractivity contribution is -0.125. The predicted molar refractivity (Wildman–Crippen MR) is 110 cm³/mol. The SMILES string of the molecule is CN(Cc1csc(CN2CCOCC2)n1)C(=O)/C=C/c1ccc(Cl)c(Cl)c1. The zero-order chi connectivity index (χ0) is 19.2. The van der Waals surface area contributed by atoms with Gasteiger partial charge in [0.15, 0.2) is 0 Å². The van der Waals surface area contributed by atoms with E-state index in [1.807, 2.05) is 11.4 Å². The third kappa shape index (κ3) is 6.02. The maximum Gasteiger partial charge on any atom is 0.246 e. The van der Waals surface area contributed by atoms with Crippen LogP contribution in [-0.4, -0.2) is 54.0 Å². The van der Waals surface area contributed by atoms with Gasteiger partial charge in [-0.25, -0.2) is 4.98 Å². The van der Waals surface area contributed by atoms with Crippen LogP contribution in [0.25, 0.3) is 6.08 Å². The molecule has 0 aliphatic carbocycles. The summed E-state index contributed by atoms with van der Waals surface area (Å²) in [7, 11) is 1.77. The van der Waals surface area contributed by atoms with Crippen LogP contribution < -0.4 is 0 Å². The number of benzene rings is 1. The molecular formula is C19H21Cl2N3O2S. The van der Waals surface area contributed by atoms with Crippen LogP contribution in [0.2, 0.25) is 10.0 Å². The molecule has 0 N–H and O–H groups in total. The highest BCUT2D eigenvalue weighted by Crippen LogP contribution is 2.23. The van der Waals surface area contributed by atoms with E-state index in [4.69, 9.17) is 27.9 Å². The van der Waals surface area contributed by atoms with Gasteiger partial charge in [0.2, 0.25) is 5.91 Å². The molecule has 1 amide bonds. The van der Waals surface area contributed by atoms with Crippen molar-refractivity contribution in [1.29, 1.82) is 0 Å². The molecule has 1 aromatic heterocycles. The van der Waals surface area contributed by atoms with Crippen molar-refractivity contribution >= 4 is 46.5 Å². The zero-order valence-corrected chi connectivity index (χ0v) is 17.4. The number of nitrogens with zero attached hydrogens (tertiary/aromatic N) is 3. The number of amides is 1. The van der Waals surface area contributed by atoms with Gasteiger partial charge in [-0.3, -0.25) is 9.69 Å². The largest absolute Gasteiger partial charge is 0.379 e. The minimum absolute atomic E-state index is 0.0937. The second-order valence-corrected chi connectivity index (χ2v) is 8.08. The molecule has 8 heteroatoms. The number of likely N-dealkylation sites (N-methyl/N-ethyl adjacent to an activating group) is 1. The molecule has 0 radical (unpaired) electrons. The summed E-state index contributed by atoms with van der Waals surface area (Å²) >= 11 is 13.5. The molecule has 0 atom stereocenters. The van der Waals surface area contributed by atoms with Crippen LogP contribution in [0.3, 0.4) is 0 Å². The fourth-order valence-corrected chi connectivity index (χ4v) is 3.81. The smallest absolute Gasteiger partial charge is 0.246 e. The lowest BCUT2D eigenvalue weighted by atomic mass is 10.2. The van der Waals surface area contributed by atoms with E-state index in [0.29, 0.717) is 16.6 Å². The molecular weight excluding hydrogens is 405 g/mol. The molecule has 1 saturated heterocycles. The van der Waals surface area contributed by atoms with Crippen molar-refractivity contribution in [2.45, 2.75) is 13.1 Å². The number of halogens is 2. The molecule has 144 valence electrons. The highest BCUT2D eigenvalue weighted by atomic mass is 35.5. The van der Waals surface area contributed by atoms with Crippen LogP contribution in [0.4, 0.5) is 0 Å². The van der Waals surface area contributed by atoms with E-state index < -0.39 is 0 Å². The summed E-state index contributed by atoms with van der Waals surface area (Å²) in [6.07, 6.45) is 3.26. The minimum Gasteiger partial charge on any atom is -0.379 e. The third-order valence-corrected chi connectivity index (χ3v) is 5.82. The summed E-state index contributed by atoms with van der Waals surface area (Å²) in [5.74, 6) is -0.0937. The molecule has 0 spiro atoms. The van der Waals surface area contributed by atoms with Crippen molar-refractivity contribution in [3.05, 3.63) is 56.0 Å². The number of hydrogen-bond donors (Lipinski definition) is 0. The second-order valence-electron chi connectivity index (χ2n) is 6.32. The standard InChI is InChI=1S/C19H21Cl2N3O2S/c1-23(19(25)5-3-14-2-4-16(20)17(21)10-14)11-15-13-27-18(22-15)12-24-6-8-26-9-7-24/h2-5,10,13H,6-9,11-12H2,1H3/b5-3+. The van der Waals surface area contributed by atoms with Crippen molar-refractivity contribution in [2.75, 3.05) is 33.4 Å². The van der Waals surface area contributed by atoms with Gasteiger partial charge in [-0.1, -0.05) is 29.3 Å². The first-order valence-corrected chi connectivity index (χ1v) is 10.3. The molecule has 0 unspecified atom stereocenters. The van der Waals surface area contributed by atoms with Gasteiger partial charge in [0, 0.05) is 31.6 Å². The summed E-state index contributed by atoms with van der Waals surface area (Å²) in [5.41, 5.74) is 1.73. The third-order valence-electron chi connectivity index (χ3n) is 4.20. The quantitative estimate of drug-likeness (QED) is 0.657. The molecule has 2 heterocycles. The topological polar surface area (TPSA) is 45.7 Å². The van der Waals surface area contributed by atoms with Crippen molar-refractivity contribution in [2.24, 2.45) is 0 Å². The Hall–Kier alpha value is -1.44. The highest BCUT2D eigenvalue weighted by Gasteiger charge is 2.14. The van der Waals surface area contributed by atoms with E-state index >= 15 is 0 Å². The Labute approximate surface area is 173 Å². The van der Waals surface area contributed by atoms with Crippen LogP contribution in [0.1, 0.15) is 16.3 Å². The van der Waals surface area contributed by atoms with Gasteiger partial charge in [-0.15, -0.1) is 11.3 Å². The first-order chi connectivity index (χ1) is 13.0. The van der Waals surface area contributed by atoms with E-state index in [1.165, 1.54) is 6.08 Å². The van der Waals surface area contributed by atoms with Gasteiger partial charge in [-0.05, 0) is 23.8 Å². The second kappa shape index (κ2) is 9.66. The molecule has 0 bridgehead atoms. The molecule has 1 fully saturated rings. The normalized spacial score (nSPS) is 15.4. The number of carbonyl (C=O) groups excluding carboxylic acids is 1. The number of rotatable bonds is 6. The lowest BCUT2D eigenvalue weighted by Gasteiger charge is -2.25. The van der Waals surface area contributed by atoms with Gasteiger partial charge in [0.25, 0.3) is 0 Å². The molecule has 5 nitrogen and oxygen atoms in total. The monoisotopic (exact) mass is 425 g/mol. The van der Waals surface area contributed by atoms with Crippen LogP contribution in [0.5, 0.6) is 0 Å². The Bertz CT molecular complexity index is 819. The Morgan fingerprint density at radius 1 is 1.33 bits per heavy atom. The summed E-state index contributed by atoms with van der Waals surface area (Å²) in [5, 5.41) is 4.05. The van der Waals surface area contributed by atoms with Crippen molar-refractivity contribution in [3.8, 4) is 0 Å². The summed E-state index contributed by atoms with van der Waals surface area (Å²) in [6.45, 7) is 4.74. The maximum atomic E-state index is 12.3. The fraction of sp³-hybridized carbons (Fsp3) is 0.368. The molecule has 1 aromatic carbocycles. The Morgan fingerprint density at radius 2 is 2.11 bits per heavy atom. The van der Waals surface area contributed by atoms with Crippen molar-refractivity contribution in [3.63, 3.8) is 0 Å². The lowest BCUT2D eigenvalue weighted by Crippen LogP contribution is -2.35. The van der Waals surface area contributed by atoms with E-state index in [9.17, 15) is 4.79 Å².